The minimum atomic E-state index is -3.91. The molecule has 0 radical (unpaired) electrons. The summed E-state index contributed by atoms with van der Waals surface area (Å²) in [7, 11) is -3.91. The number of benzene rings is 1. The third kappa shape index (κ3) is 3.02. The number of hydrogen-bond acceptors (Lipinski definition) is 3. The second-order valence-electron chi connectivity index (χ2n) is 5.30. The van der Waals surface area contributed by atoms with Crippen LogP contribution in [-0.2, 0) is 23.0 Å². The maximum atomic E-state index is 13.9. The molecule has 118 valence electrons. The fourth-order valence-corrected chi connectivity index (χ4v) is 4.03. The predicted octanol–water partition coefficient (Wildman–Crippen LogP) is 2.22. The zero-order chi connectivity index (χ0) is 15.7. The quantitative estimate of drug-likeness (QED) is 0.925. The summed E-state index contributed by atoms with van der Waals surface area (Å²) in [6.07, 6.45) is 5.21. The lowest BCUT2D eigenvalue weighted by molar-refractivity contribution is 0.379. The Kier molecular flexibility index (Phi) is 4.20. The van der Waals surface area contributed by atoms with E-state index in [0.29, 0.717) is 6.42 Å². The summed E-state index contributed by atoms with van der Waals surface area (Å²) in [5, 5.41) is -0.206. The second kappa shape index (κ2) is 5.98. The molecule has 3 rings (SSSR count). The number of fused-ring (bicyclic) bond motifs is 1. The van der Waals surface area contributed by atoms with Crippen LogP contribution in [0.1, 0.15) is 12.2 Å². The molecule has 0 aliphatic carbocycles. The van der Waals surface area contributed by atoms with Crippen LogP contribution in [0.3, 0.4) is 0 Å². The van der Waals surface area contributed by atoms with Crippen LogP contribution in [0, 0.1) is 11.7 Å². The van der Waals surface area contributed by atoms with E-state index in [2.05, 4.69) is 14.3 Å². The Bertz CT molecular complexity index is 791. The molecule has 1 aliphatic rings. The minimum Gasteiger partial charge on any atom is -0.335 e. The first kappa shape index (κ1) is 15.5. The van der Waals surface area contributed by atoms with Gasteiger partial charge in [-0.25, -0.2) is 22.5 Å². The maximum Gasteiger partial charge on any atom is 0.243 e. The van der Waals surface area contributed by atoms with Gasteiger partial charge in [-0.1, -0.05) is 17.7 Å². The Hall–Kier alpha value is -1.44. The van der Waals surface area contributed by atoms with Crippen LogP contribution < -0.4 is 4.72 Å². The highest BCUT2D eigenvalue weighted by Gasteiger charge is 2.24. The van der Waals surface area contributed by atoms with Gasteiger partial charge < -0.3 is 4.57 Å². The Labute approximate surface area is 133 Å². The standard InChI is InChI=1S/C14H15ClFN3O2S/c15-11-2-1-3-12(14(11)16)22(20,21)18-9-10-4-6-19-7-5-17-13(19)8-10/h1-3,5,7,10,18H,4,6,8-9H2. The van der Waals surface area contributed by atoms with Crippen molar-refractivity contribution in [1.29, 1.82) is 0 Å². The molecule has 1 N–H and O–H groups in total. The smallest absolute Gasteiger partial charge is 0.243 e. The van der Waals surface area contributed by atoms with E-state index in [1.807, 2.05) is 6.20 Å². The first-order valence-electron chi connectivity index (χ1n) is 6.91. The van der Waals surface area contributed by atoms with Crippen molar-refractivity contribution in [2.75, 3.05) is 6.54 Å². The summed E-state index contributed by atoms with van der Waals surface area (Å²) < 4.78 is 42.8. The minimum absolute atomic E-state index is 0.145. The molecule has 22 heavy (non-hydrogen) atoms. The fraction of sp³-hybridized carbons (Fsp3) is 0.357. The number of aryl methyl sites for hydroxylation is 1. The van der Waals surface area contributed by atoms with Crippen LogP contribution in [0.5, 0.6) is 0 Å². The zero-order valence-electron chi connectivity index (χ0n) is 11.7. The van der Waals surface area contributed by atoms with Crippen molar-refractivity contribution in [1.82, 2.24) is 14.3 Å². The Morgan fingerprint density at radius 3 is 3.09 bits per heavy atom. The van der Waals surface area contributed by atoms with Gasteiger partial charge in [0.1, 0.15) is 10.7 Å². The Morgan fingerprint density at radius 1 is 1.45 bits per heavy atom. The number of hydrogen-bond donors (Lipinski definition) is 1. The number of nitrogens with one attached hydrogen (secondary N) is 1. The monoisotopic (exact) mass is 343 g/mol. The van der Waals surface area contributed by atoms with Crippen LogP contribution in [0.25, 0.3) is 0 Å². The van der Waals surface area contributed by atoms with Crippen molar-refractivity contribution in [3.05, 3.63) is 47.3 Å². The number of imidazole rings is 1. The molecular weight excluding hydrogens is 329 g/mol. The molecule has 0 fully saturated rings. The van der Waals surface area contributed by atoms with Crippen molar-refractivity contribution in [2.45, 2.75) is 24.3 Å². The summed E-state index contributed by atoms with van der Waals surface area (Å²) in [4.78, 5) is 3.82. The topological polar surface area (TPSA) is 64.0 Å². The van der Waals surface area contributed by atoms with Crippen molar-refractivity contribution >= 4 is 21.6 Å². The molecule has 1 aliphatic heterocycles. The number of nitrogens with zero attached hydrogens (tertiary/aromatic N) is 2. The zero-order valence-corrected chi connectivity index (χ0v) is 13.2. The van der Waals surface area contributed by atoms with E-state index in [4.69, 9.17) is 11.6 Å². The van der Waals surface area contributed by atoms with Crippen molar-refractivity contribution in [3.63, 3.8) is 0 Å². The van der Waals surface area contributed by atoms with Gasteiger partial charge in [0, 0.05) is 31.9 Å². The Morgan fingerprint density at radius 2 is 2.27 bits per heavy atom. The molecule has 2 aromatic rings. The van der Waals surface area contributed by atoms with Gasteiger partial charge in [0.25, 0.3) is 0 Å². The van der Waals surface area contributed by atoms with Gasteiger partial charge in [0.05, 0.1) is 5.02 Å². The van der Waals surface area contributed by atoms with Crippen LogP contribution in [-0.4, -0.2) is 24.5 Å². The second-order valence-corrected chi connectivity index (χ2v) is 7.44. The Balaban J connectivity index is 1.70. The van der Waals surface area contributed by atoms with E-state index in [-0.39, 0.29) is 17.5 Å². The molecule has 0 amide bonds. The van der Waals surface area contributed by atoms with Gasteiger partial charge in [-0.15, -0.1) is 0 Å². The van der Waals surface area contributed by atoms with Gasteiger partial charge >= 0.3 is 0 Å². The predicted molar refractivity (Wildman–Crippen MR) is 80.6 cm³/mol. The molecule has 0 bridgehead atoms. The highest BCUT2D eigenvalue weighted by atomic mass is 35.5. The molecule has 5 nitrogen and oxygen atoms in total. The molecule has 0 saturated carbocycles. The van der Waals surface area contributed by atoms with E-state index < -0.39 is 20.7 Å². The summed E-state index contributed by atoms with van der Waals surface area (Å²) in [5.74, 6) is 0.173. The average Bonchev–Trinajstić information content (AvgIpc) is 2.95. The molecule has 1 aromatic heterocycles. The van der Waals surface area contributed by atoms with Gasteiger partial charge in [0.2, 0.25) is 10.0 Å². The number of halogens is 2. The first-order valence-corrected chi connectivity index (χ1v) is 8.77. The SMILES string of the molecule is O=S(=O)(NCC1CCn2ccnc2C1)c1cccc(Cl)c1F. The normalized spacial score (nSPS) is 18.2. The van der Waals surface area contributed by atoms with Gasteiger partial charge in [-0.05, 0) is 24.5 Å². The third-order valence-electron chi connectivity index (χ3n) is 3.82. The molecule has 2 heterocycles. The number of sulfonamides is 1. The van der Waals surface area contributed by atoms with E-state index in [1.54, 1.807) is 6.20 Å². The van der Waals surface area contributed by atoms with E-state index >= 15 is 0 Å². The number of rotatable bonds is 4. The number of aromatic nitrogens is 2. The summed E-state index contributed by atoms with van der Waals surface area (Å²) in [5.41, 5.74) is 0. The maximum absolute atomic E-state index is 13.9. The molecule has 1 atom stereocenters. The molecule has 0 saturated heterocycles. The molecule has 1 unspecified atom stereocenters. The van der Waals surface area contributed by atoms with Crippen LogP contribution in [0.15, 0.2) is 35.5 Å². The molecular formula is C14H15ClFN3O2S. The van der Waals surface area contributed by atoms with Gasteiger partial charge in [0.15, 0.2) is 5.82 Å². The molecule has 8 heteroatoms. The van der Waals surface area contributed by atoms with Gasteiger partial charge in [-0.3, -0.25) is 0 Å². The summed E-state index contributed by atoms with van der Waals surface area (Å²) in [6.45, 7) is 1.06. The van der Waals surface area contributed by atoms with Crippen molar-refractivity contribution in [3.8, 4) is 0 Å². The van der Waals surface area contributed by atoms with E-state index in [9.17, 15) is 12.8 Å². The van der Waals surface area contributed by atoms with Crippen molar-refractivity contribution < 1.29 is 12.8 Å². The average molecular weight is 344 g/mol. The molecule has 1 aromatic carbocycles. The van der Waals surface area contributed by atoms with Gasteiger partial charge in [-0.2, -0.15) is 0 Å². The lowest BCUT2D eigenvalue weighted by Gasteiger charge is -2.23. The van der Waals surface area contributed by atoms with Crippen molar-refractivity contribution in [2.24, 2.45) is 5.92 Å². The van der Waals surface area contributed by atoms with Crippen LogP contribution in [0.4, 0.5) is 4.39 Å². The lowest BCUT2D eigenvalue weighted by atomic mass is 9.98. The lowest BCUT2D eigenvalue weighted by Crippen LogP contribution is -2.33. The summed E-state index contributed by atoms with van der Waals surface area (Å²) in [6, 6.07) is 3.94. The summed E-state index contributed by atoms with van der Waals surface area (Å²) >= 11 is 5.63. The first-order chi connectivity index (χ1) is 10.5. The highest BCUT2D eigenvalue weighted by Crippen LogP contribution is 2.23. The molecule has 0 spiro atoms. The third-order valence-corrected chi connectivity index (χ3v) is 5.55. The van der Waals surface area contributed by atoms with E-state index in [1.165, 1.54) is 18.2 Å². The fourth-order valence-electron chi connectivity index (χ4n) is 2.59. The largest absolute Gasteiger partial charge is 0.335 e. The van der Waals surface area contributed by atoms with Crippen LogP contribution >= 0.6 is 11.6 Å². The highest BCUT2D eigenvalue weighted by molar-refractivity contribution is 7.89. The van der Waals surface area contributed by atoms with E-state index in [0.717, 1.165) is 18.8 Å². The van der Waals surface area contributed by atoms with Crippen LogP contribution in [0.2, 0.25) is 5.02 Å².